The third-order valence-corrected chi connectivity index (χ3v) is 19.2. The Morgan fingerprint density at radius 1 is 0.323 bits per heavy atom. The van der Waals surface area contributed by atoms with E-state index in [9.17, 15) is 43.2 Å². The Hall–Kier alpha value is -2.46. The smallest absolute Gasteiger partial charge is 0.462 e. The van der Waals surface area contributed by atoms with Crippen LogP contribution in [0, 0.1) is 17.8 Å². The van der Waals surface area contributed by atoms with Crippen LogP contribution in [0.4, 0.5) is 0 Å². The molecule has 0 heterocycles. The van der Waals surface area contributed by atoms with Gasteiger partial charge in [-0.2, -0.15) is 0 Å². The second kappa shape index (κ2) is 67.1. The number of carbonyl (C=O) groups is 4. The number of phosphoric acid groups is 2. The van der Waals surface area contributed by atoms with E-state index < -0.39 is 97.5 Å². The first-order valence-electron chi connectivity index (χ1n) is 39.2. The van der Waals surface area contributed by atoms with Gasteiger partial charge in [0.15, 0.2) is 12.2 Å². The molecule has 566 valence electrons. The lowest BCUT2D eigenvalue weighted by atomic mass is 10.0. The lowest BCUT2D eigenvalue weighted by Gasteiger charge is -2.21. The van der Waals surface area contributed by atoms with Crippen molar-refractivity contribution in [3.8, 4) is 0 Å². The second-order valence-corrected chi connectivity index (χ2v) is 31.4. The van der Waals surface area contributed by atoms with Crippen molar-refractivity contribution < 1.29 is 80.2 Å². The highest BCUT2D eigenvalue weighted by atomic mass is 31.2. The monoisotopic (exact) mass is 1410 g/mol. The zero-order valence-electron chi connectivity index (χ0n) is 62.3. The van der Waals surface area contributed by atoms with Crippen LogP contribution in [0.2, 0.25) is 0 Å². The molecule has 0 bridgehead atoms. The molecule has 2 unspecified atom stereocenters. The van der Waals surface area contributed by atoms with E-state index in [4.69, 9.17) is 37.0 Å². The molecule has 96 heavy (non-hydrogen) atoms. The summed E-state index contributed by atoms with van der Waals surface area (Å²) in [6.07, 6.45) is 56.4. The first-order valence-corrected chi connectivity index (χ1v) is 42.2. The lowest BCUT2D eigenvalue weighted by Crippen LogP contribution is -2.30. The molecule has 0 aliphatic carbocycles. The summed E-state index contributed by atoms with van der Waals surface area (Å²) >= 11 is 0. The molecule has 0 aliphatic rings. The topological polar surface area (TPSA) is 237 Å². The number of rotatable bonds is 73. The summed E-state index contributed by atoms with van der Waals surface area (Å²) in [5, 5.41) is 10.6. The summed E-state index contributed by atoms with van der Waals surface area (Å²) in [5.41, 5.74) is 0. The first kappa shape index (κ1) is 93.5. The van der Waals surface area contributed by atoms with Crippen molar-refractivity contribution in [2.24, 2.45) is 17.8 Å². The van der Waals surface area contributed by atoms with Crippen LogP contribution in [0.1, 0.15) is 370 Å². The second-order valence-electron chi connectivity index (χ2n) is 28.5. The number of hydrogen-bond acceptors (Lipinski definition) is 15. The van der Waals surface area contributed by atoms with Gasteiger partial charge in [0.2, 0.25) is 0 Å². The average molecular weight is 1410 g/mol. The fourth-order valence-corrected chi connectivity index (χ4v) is 12.8. The number of hydrogen-bond donors (Lipinski definition) is 3. The van der Waals surface area contributed by atoms with E-state index in [0.717, 1.165) is 127 Å². The van der Waals surface area contributed by atoms with Gasteiger partial charge in [0, 0.05) is 25.7 Å². The molecule has 0 saturated carbocycles. The molecule has 0 rings (SSSR count). The van der Waals surface area contributed by atoms with Crippen LogP contribution in [0.5, 0.6) is 0 Å². The molecule has 0 aliphatic heterocycles. The minimum absolute atomic E-state index is 0.100. The molecular weight excluding hydrogens is 1260 g/mol. The van der Waals surface area contributed by atoms with E-state index in [1.54, 1.807) is 0 Å². The van der Waals surface area contributed by atoms with E-state index in [1.807, 2.05) is 0 Å². The average Bonchev–Trinajstić information content (AvgIpc) is 1.09. The quantitative estimate of drug-likeness (QED) is 0.0169. The van der Waals surface area contributed by atoms with E-state index in [-0.39, 0.29) is 25.7 Å². The molecule has 17 nitrogen and oxygen atoms in total. The molecule has 0 spiro atoms. The SMILES string of the molecule is CCCCCC/C=C\C=C/CCCCCCCC(=O)OC[C@H](COP(=O)(O)OC[C@@H](O)COP(=O)(O)OC[C@@H](COC(=O)CCCCCCCCC(C)C)OC(=O)CCCCCCCCCCCCCCC(C)C)OC(=O)CCCCCCCCCCCCCCCCC(C)C. The summed E-state index contributed by atoms with van der Waals surface area (Å²) < 4.78 is 68.5. The zero-order valence-corrected chi connectivity index (χ0v) is 64.1. The van der Waals surface area contributed by atoms with Crippen LogP contribution in [-0.4, -0.2) is 96.7 Å². The standard InChI is InChI=1S/C77H146O17P2/c1-8-9-10-11-12-13-14-15-16-20-26-31-36-44-51-58-74(79)87-64-72(93-76(81)60-53-46-37-32-27-21-18-17-19-24-29-34-41-48-55-68(2)3)66-91-95(83,84)89-62-71(78)63-90-96(85,86)92-67-73(65-88-75(80)59-52-45-40-39-43-50-57-70(6)7)94-77(82)61-54-47-38-33-28-23-22-25-30-35-42-49-56-69(4)5/h13-16,68-73,78H,8-12,17-67H2,1-7H3,(H,83,84)(H,85,86)/b14-13-,16-15-/t71-,72-,73-/m1/s1. The third kappa shape index (κ3) is 70.0. The zero-order chi connectivity index (χ0) is 70.9. The fourth-order valence-electron chi connectivity index (χ4n) is 11.2. The molecule has 0 radical (unpaired) electrons. The Morgan fingerprint density at radius 3 is 0.844 bits per heavy atom. The molecule has 5 atom stereocenters. The molecular formula is C77H146O17P2. The summed E-state index contributed by atoms with van der Waals surface area (Å²) in [6.45, 7) is 11.8. The maximum atomic E-state index is 13.1. The molecule has 0 aromatic heterocycles. The number of carbonyl (C=O) groups excluding carboxylic acids is 4. The predicted molar refractivity (Wildman–Crippen MR) is 390 cm³/mol. The van der Waals surface area contributed by atoms with Gasteiger partial charge in [0.1, 0.15) is 19.3 Å². The largest absolute Gasteiger partial charge is 0.472 e. The van der Waals surface area contributed by atoms with Crippen molar-refractivity contribution in [3.63, 3.8) is 0 Å². The Balaban J connectivity index is 5.27. The summed E-state index contributed by atoms with van der Waals surface area (Å²) in [6, 6.07) is 0. The van der Waals surface area contributed by atoms with Gasteiger partial charge in [-0.15, -0.1) is 0 Å². The number of aliphatic hydroxyl groups excluding tert-OH is 1. The van der Waals surface area contributed by atoms with Crippen molar-refractivity contribution in [2.75, 3.05) is 39.6 Å². The molecule has 3 N–H and O–H groups in total. The van der Waals surface area contributed by atoms with Gasteiger partial charge >= 0.3 is 39.5 Å². The summed E-state index contributed by atoms with van der Waals surface area (Å²) in [4.78, 5) is 72.8. The molecule has 0 amide bonds. The van der Waals surface area contributed by atoms with Gasteiger partial charge in [0.05, 0.1) is 26.4 Å². The van der Waals surface area contributed by atoms with Gasteiger partial charge in [-0.1, -0.05) is 317 Å². The number of allylic oxidation sites excluding steroid dienone is 4. The van der Waals surface area contributed by atoms with Crippen molar-refractivity contribution in [1.29, 1.82) is 0 Å². The van der Waals surface area contributed by atoms with E-state index >= 15 is 0 Å². The van der Waals surface area contributed by atoms with Crippen LogP contribution in [0.25, 0.3) is 0 Å². The van der Waals surface area contributed by atoms with E-state index in [1.165, 1.54) is 154 Å². The predicted octanol–water partition coefficient (Wildman–Crippen LogP) is 22.1. The van der Waals surface area contributed by atoms with Gasteiger partial charge in [-0.05, 0) is 69.1 Å². The number of phosphoric ester groups is 2. The summed E-state index contributed by atoms with van der Waals surface area (Å²) in [7, 11) is -9.92. The normalized spacial score (nSPS) is 14.2. The summed E-state index contributed by atoms with van der Waals surface area (Å²) in [5.74, 6) is 0.0973. The van der Waals surface area contributed by atoms with Gasteiger partial charge in [-0.3, -0.25) is 37.3 Å². The van der Waals surface area contributed by atoms with Gasteiger partial charge < -0.3 is 33.8 Å². The molecule has 19 heteroatoms. The van der Waals surface area contributed by atoms with Gasteiger partial charge in [0.25, 0.3) is 0 Å². The van der Waals surface area contributed by atoms with E-state index in [2.05, 4.69) is 72.8 Å². The molecule has 0 saturated heterocycles. The number of aliphatic hydroxyl groups is 1. The van der Waals surface area contributed by atoms with Crippen LogP contribution in [-0.2, 0) is 65.4 Å². The van der Waals surface area contributed by atoms with Crippen molar-refractivity contribution in [2.45, 2.75) is 388 Å². The van der Waals surface area contributed by atoms with Crippen LogP contribution < -0.4 is 0 Å². The molecule has 0 aromatic rings. The minimum atomic E-state index is -4.97. The van der Waals surface area contributed by atoms with Gasteiger partial charge in [-0.25, -0.2) is 9.13 Å². The maximum absolute atomic E-state index is 13.1. The maximum Gasteiger partial charge on any atom is 0.472 e. The Labute approximate surface area is 586 Å². The highest BCUT2D eigenvalue weighted by molar-refractivity contribution is 7.47. The van der Waals surface area contributed by atoms with Crippen LogP contribution in [0.3, 0.4) is 0 Å². The Bertz CT molecular complexity index is 1960. The van der Waals surface area contributed by atoms with Crippen molar-refractivity contribution in [3.05, 3.63) is 24.3 Å². The molecule has 0 fully saturated rings. The third-order valence-electron chi connectivity index (χ3n) is 17.3. The Morgan fingerprint density at radius 2 is 0.562 bits per heavy atom. The highest BCUT2D eigenvalue weighted by Gasteiger charge is 2.30. The fraction of sp³-hybridized carbons (Fsp3) is 0.896. The molecule has 0 aromatic carbocycles. The minimum Gasteiger partial charge on any atom is -0.462 e. The Kier molecular flexibility index (Phi) is 65.3. The number of unbranched alkanes of at least 4 members (excludes halogenated alkanes) is 38. The van der Waals surface area contributed by atoms with E-state index in [0.29, 0.717) is 31.6 Å². The van der Waals surface area contributed by atoms with Crippen LogP contribution >= 0.6 is 15.6 Å². The highest BCUT2D eigenvalue weighted by Crippen LogP contribution is 2.45. The van der Waals surface area contributed by atoms with Crippen molar-refractivity contribution >= 4 is 39.5 Å². The van der Waals surface area contributed by atoms with Crippen LogP contribution in [0.15, 0.2) is 24.3 Å². The number of ether oxygens (including phenoxy) is 4. The number of esters is 4. The van der Waals surface area contributed by atoms with Crippen molar-refractivity contribution in [1.82, 2.24) is 0 Å². The lowest BCUT2D eigenvalue weighted by molar-refractivity contribution is -0.161. The first-order chi connectivity index (χ1) is 46.2.